The molecule has 0 aromatic rings. The van der Waals surface area contributed by atoms with E-state index in [2.05, 4.69) is 0 Å². The van der Waals surface area contributed by atoms with Crippen molar-refractivity contribution in [2.75, 3.05) is 6.61 Å². The molecule has 0 atom stereocenters. The molecule has 1 heterocycles. The van der Waals surface area contributed by atoms with Crippen molar-refractivity contribution in [3.63, 3.8) is 0 Å². The zero-order chi connectivity index (χ0) is 6.91. The minimum atomic E-state index is -1.05. The van der Waals surface area contributed by atoms with Crippen LogP contribution in [0.2, 0.25) is 0 Å². The molecule has 2 nitrogen and oxygen atoms in total. The maximum Gasteiger partial charge on any atom is 0.182 e. The monoisotopic (exact) mass is 186 g/mol. The Bertz CT molecular complexity index is 173. The summed E-state index contributed by atoms with van der Waals surface area (Å²) in [6.45, 7) is 0.442. The van der Waals surface area contributed by atoms with E-state index in [-0.39, 0.29) is 16.3 Å². The first kappa shape index (κ1) is 7.54. The minimum absolute atomic E-state index is 0.172. The second kappa shape index (κ2) is 2.58. The summed E-state index contributed by atoms with van der Waals surface area (Å²) < 4.78 is 13.9. The number of hydrogen-bond acceptors (Lipinski definition) is 2. The second-order valence-electron chi connectivity index (χ2n) is 1.67. The number of hydrogen-bond donors (Lipinski definition) is 0. The van der Waals surface area contributed by atoms with Gasteiger partial charge in [0.2, 0.25) is 0 Å². The van der Waals surface area contributed by atoms with Crippen molar-refractivity contribution in [2.24, 2.45) is 0 Å². The number of ether oxygens (including phenoxy) is 1. The lowest BCUT2D eigenvalue weighted by atomic mass is 10.4. The maximum absolute atomic E-state index is 10.1. The minimum Gasteiger partial charge on any atom is -0.334 e. The van der Waals surface area contributed by atoms with Crippen LogP contribution in [-0.2, 0) is 16.0 Å². The molecular weight excluding hydrogens is 183 g/mol. The Morgan fingerprint density at radius 1 is 1.67 bits per heavy atom. The zero-order valence-electron chi connectivity index (χ0n) is 4.39. The SMILES string of the molecule is O=S=C1OCCC1(Cl)Cl. The summed E-state index contributed by atoms with van der Waals surface area (Å²) in [7, 11) is 0. The molecule has 0 aromatic heterocycles. The molecule has 1 fully saturated rings. The standard InChI is InChI=1S/C4H4Cl2O2S/c5-4(6)1-2-8-3(4)9-7/h1-2H2. The Hall–Kier alpha value is 0.430. The predicted molar refractivity (Wildman–Crippen MR) is 38.2 cm³/mol. The average Bonchev–Trinajstić information content (AvgIpc) is 2.08. The molecule has 0 saturated carbocycles. The van der Waals surface area contributed by atoms with Gasteiger partial charge in [-0.05, 0) is 0 Å². The number of alkyl halides is 2. The summed E-state index contributed by atoms with van der Waals surface area (Å²) in [5.41, 5.74) is 0. The van der Waals surface area contributed by atoms with Gasteiger partial charge in [0, 0.05) is 6.42 Å². The van der Waals surface area contributed by atoms with E-state index in [4.69, 9.17) is 27.9 Å². The van der Waals surface area contributed by atoms with E-state index >= 15 is 0 Å². The fourth-order valence-electron chi connectivity index (χ4n) is 0.565. The molecule has 0 unspecified atom stereocenters. The normalized spacial score (nSPS) is 24.4. The highest BCUT2D eigenvalue weighted by atomic mass is 35.5. The molecule has 0 aliphatic carbocycles. The molecule has 0 aromatic carbocycles. The van der Waals surface area contributed by atoms with Crippen molar-refractivity contribution in [3.05, 3.63) is 0 Å². The smallest absolute Gasteiger partial charge is 0.182 e. The van der Waals surface area contributed by atoms with Crippen molar-refractivity contribution < 1.29 is 8.95 Å². The van der Waals surface area contributed by atoms with Crippen molar-refractivity contribution in [2.45, 2.75) is 10.8 Å². The summed E-state index contributed by atoms with van der Waals surface area (Å²) in [4.78, 5) is 0. The van der Waals surface area contributed by atoms with Crippen LogP contribution in [0.15, 0.2) is 0 Å². The van der Waals surface area contributed by atoms with Gasteiger partial charge < -0.3 is 4.74 Å². The van der Waals surface area contributed by atoms with E-state index in [1.54, 1.807) is 0 Å². The molecule has 1 rings (SSSR count). The van der Waals surface area contributed by atoms with Gasteiger partial charge in [-0.1, -0.05) is 23.2 Å². The molecular formula is C4H4Cl2O2S. The topological polar surface area (TPSA) is 26.3 Å². The molecule has 0 bridgehead atoms. The van der Waals surface area contributed by atoms with E-state index in [1.165, 1.54) is 0 Å². The van der Waals surface area contributed by atoms with Crippen molar-refractivity contribution in [1.82, 2.24) is 0 Å². The molecule has 0 N–H and O–H groups in total. The van der Waals surface area contributed by atoms with Crippen LogP contribution in [-0.4, -0.2) is 20.2 Å². The lowest BCUT2D eigenvalue weighted by Gasteiger charge is -2.05. The molecule has 52 valence electrons. The highest BCUT2D eigenvalue weighted by molar-refractivity contribution is 7.66. The van der Waals surface area contributed by atoms with E-state index < -0.39 is 4.33 Å². The van der Waals surface area contributed by atoms with Crippen LogP contribution in [0.25, 0.3) is 0 Å². The molecule has 1 saturated heterocycles. The third-order valence-corrected chi connectivity index (χ3v) is 2.59. The molecule has 0 spiro atoms. The molecule has 0 amide bonds. The molecule has 1 aliphatic heterocycles. The maximum atomic E-state index is 10.1. The first-order valence-electron chi connectivity index (χ1n) is 2.35. The van der Waals surface area contributed by atoms with Crippen molar-refractivity contribution in [1.29, 1.82) is 0 Å². The van der Waals surface area contributed by atoms with Crippen molar-refractivity contribution >= 4 is 39.5 Å². The van der Waals surface area contributed by atoms with Gasteiger partial charge in [0.15, 0.2) is 9.38 Å². The van der Waals surface area contributed by atoms with Crippen LogP contribution >= 0.6 is 23.2 Å². The predicted octanol–water partition coefficient (Wildman–Crippen LogP) is 0.923. The third kappa shape index (κ3) is 1.46. The first-order valence-corrected chi connectivity index (χ1v) is 3.84. The van der Waals surface area contributed by atoms with E-state index in [0.29, 0.717) is 13.0 Å². The zero-order valence-corrected chi connectivity index (χ0v) is 6.72. The number of halogens is 2. The van der Waals surface area contributed by atoms with Gasteiger partial charge in [0.05, 0.1) is 6.61 Å². The third-order valence-electron chi connectivity index (χ3n) is 1.02. The lowest BCUT2D eigenvalue weighted by molar-refractivity contribution is 0.350. The van der Waals surface area contributed by atoms with Crippen LogP contribution < -0.4 is 0 Å². The average molecular weight is 187 g/mol. The Kier molecular flexibility index (Phi) is 2.16. The summed E-state index contributed by atoms with van der Waals surface area (Å²) >= 11 is 11.5. The van der Waals surface area contributed by atoms with Crippen LogP contribution in [0, 0.1) is 0 Å². The van der Waals surface area contributed by atoms with Gasteiger partial charge in [0.25, 0.3) is 0 Å². The molecule has 9 heavy (non-hydrogen) atoms. The summed E-state index contributed by atoms with van der Waals surface area (Å²) in [6, 6.07) is 0. The van der Waals surface area contributed by atoms with Gasteiger partial charge in [-0.15, -0.1) is 0 Å². The molecule has 5 heteroatoms. The van der Waals surface area contributed by atoms with E-state index in [0.717, 1.165) is 0 Å². The van der Waals surface area contributed by atoms with Crippen LogP contribution in [0.3, 0.4) is 0 Å². The fraction of sp³-hybridized carbons (Fsp3) is 0.750. The first-order chi connectivity index (χ1) is 4.17. The largest absolute Gasteiger partial charge is 0.334 e. The molecule has 0 radical (unpaired) electrons. The fourth-order valence-corrected chi connectivity index (χ4v) is 1.37. The van der Waals surface area contributed by atoms with Crippen LogP contribution in [0.4, 0.5) is 0 Å². The number of rotatable bonds is 0. The van der Waals surface area contributed by atoms with Crippen LogP contribution in [0.1, 0.15) is 6.42 Å². The molecule has 1 aliphatic rings. The highest BCUT2D eigenvalue weighted by Gasteiger charge is 2.37. The summed E-state index contributed by atoms with van der Waals surface area (Å²) in [5.74, 6) is 0. The highest BCUT2D eigenvalue weighted by Crippen LogP contribution is 2.31. The van der Waals surface area contributed by atoms with Gasteiger partial charge in [-0.3, -0.25) is 0 Å². The van der Waals surface area contributed by atoms with Gasteiger partial charge >= 0.3 is 0 Å². The van der Waals surface area contributed by atoms with Gasteiger partial charge in [0.1, 0.15) is 11.3 Å². The van der Waals surface area contributed by atoms with Crippen LogP contribution in [0.5, 0.6) is 0 Å². The summed E-state index contributed by atoms with van der Waals surface area (Å²) in [5, 5.41) is 0.172. The Balaban J connectivity index is 2.87. The lowest BCUT2D eigenvalue weighted by Crippen LogP contribution is -2.18. The summed E-state index contributed by atoms with van der Waals surface area (Å²) in [6.07, 6.45) is 0.501. The van der Waals surface area contributed by atoms with E-state index in [1.807, 2.05) is 0 Å². The second-order valence-corrected chi connectivity index (χ2v) is 3.70. The van der Waals surface area contributed by atoms with Gasteiger partial charge in [-0.2, -0.15) is 0 Å². The van der Waals surface area contributed by atoms with Crippen molar-refractivity contribution in [3.8, 4) is 0 Å². The Labute approximate surface area is 66.2 Å². The van der Waals surface area contributed by atoms with Gasteiger partial charge in [-0.25, -0.2) is 4.21 Å². The van der Waals surface area contributed by atoms with E-state index in [9.17, 15) is 4.21 Å². The Morgan fingerprint density at radius 2 is 2.33 bits per heavy atom. The quantitative estimate of drug-likeness (QED) is 0.416. The Morgan fingerprint density at radius 3 is 2.56 bits per heavy atom.